The first-order valence-electron chi connectivity index (χ1n) is 7.85. The van der Waals surface area contributed by atoms with E-state index in [4.69, 9.17) is 4.74 Å². The van der Waals surface area contributed by atoms with Gasteiger partial charge >= 0.3 is 11.9 Å². The van der Waals surface area contributed by atoms with Crippen LogP contribution in [0.2, 0.25) is 0 Å². The van der Waals surface area contributed by atoms with Gasteiger partial charge in [-0.1, -0.05) is 0 Å². The van der Waals surface area contributed by atoms with Crippen LogP contribution in [0.3, 0.4) is 0 Å². The maximum absolute atomic E-state index is 12.5. The van der Waals surface area contributed by atoms with E-state index in [1.54, 1.807) is 20.8 Å². The van der Waals surface area contributed by atoms with E-state index in [0.717, 1.165) is 0 Å². The Kier molecular flexibility index (Phi) is 5.55. The fourth-order valence-electron chi connectivity index (χ4n) is 2.54. The van der Waals surface area contributed by atoms with Crippen LogP contribution in [-0.4, -0.2) is 45.0 Å². The Hall–Kier alpha value is -1.90. The van der Waals surface area contributed by atoms with Crippen molar-refractivity contribution in [3.8, 4) is 0 Å². The molecule has 9 heteroatoms. The third-order valence-electron chi connectivity index (χ3n) is 3.67. The molecule has 1 aromatic rings. The third-order valence-corrected chi connectivity index (χ3v) is 5.07. The van der Waals surface area contributed by atoms with Crippen LogP contribution in [0.4, 0.5) is 19.3 Å². The molecule has 25 heavy (non-hydrogen) atoms. The SMILES string of the molecule is CC(C)(C)OC(=O)N[C@H]1CCN(c2ccc(S(=O)(=O)C(F)F)cc2)C1. The average molecular weight is 376 g/mol. The lowest BCUT2D eigenvalue weighted by Crippen LogP contribution is -2.40. The molecular formula is C16H22F2N2O4S. The second-order valence-electron chi connectivity index (χ2n) is 6.88. The number of benzene rings is 1. The number of hydrogen-bond acceptors (Lipinski definition) is 5. The summed E-state index contributed by atoms with van der Waals surface area (Å²) in [6.45, 7) is 6.52. The van der Waals surface area contributed by atoms with Crippen molar-refractivity contribution in [3.63, 3.8) is 0 Å². The molecule has 0 aliphatic carbocycles. The predicted octanol–water partition coefficient (Wildman–Crippen LogP) is 2.79. The summed E-state index contributed by atoms with van der Waals surface area (Å²) in [6, 6.07) is 5.23. The van der Waals surface area contributed by atoms with E-state index in [-0.39, 0.29) is 6.04 Å². The molecular weight excluding hydrogens is 354 g/mol. The quantitative estimate of drug-likeness (QED) is 0.875. The van der Waals surface area contributed by atoms with Gasteiger partial charge in [-0.3, -0.25) is 0 Å². The highest BCUT2D eigenvalue weighted by molar-refractivity contribution is 7.91. The van der Waals surface area contributed by atoms with Crippen LogP contribution in [0.1, 0.15) is 27.2 Å². The van der Waals surface area contributed by atoms with E-state index in [2.05, 4.69) is 5.32 Å². The normalized spacial score (nSPS) is 18.5. The summed E-state index contributed by atoms with van der Waals surface area (Å²) in [7, 11) is -4.59. The van der Waals surface area contributed by atoms with Gasteiger partial charge in [-0.25, -0.2) is 13.2 Å². The van der Waals surface area contributed by atoms with Crippen molar-refractivity contribution in [2.45, 2.75) is 49.5 Å². The van der Waals surface area contributed by atoms with Crippen LogP contribution >= 0.6 is 0 Å². The van der Waals surface area contributed by atoms with Crippen molar-refractivity contribution >= 4 is 21.6 Å². The Morgan fingerprint density at radius 3 is 2.40 bits per heavy atom. The summed E-state index contributed by atoms with van der Waals surface area (Å²) in [5.41, 5.74) is 0.135. The van der Waals surface area contributed by atoms with E-state index in [0.29, 0.717) is 25.2 Å². The molecule has 1 atom stereocenters. The highest BCUT2D eigenvalue weighted by Gasteiger charge is 2.28. The summed E-state index contributed by atoms with van der Waals surface area (Å²) < 4.78 is 53.1. The van der Waals surface area contributed by atoms with Crippen LogP contribution in [0.15, 0.2) is 29.2 Å². The molecule has 0 aromatic heterocycles. The van der Waals surface area contributed by atoms with Gasteiger partial charge in [0.2, 0.25) is 9.84 Å². The summed E-state index contributed by atoms with van der Waals surface area (Å²) in [6.07, 6.45) is 0.216. The summed E-state index contributed by atoms with van der Waals surface area (Å²) >= 11 is 0. The number of sulfone groups is 1. The van der Waals surface area contributed by atoms with Gasteiger partial charge in [0.25, 0.3) is 0 Å². The molecule has 0 radical (unpaired) electrons. The number of alkyl carbamates (subject to hydrolysis) is 1. The fraction of sp³-hybridized carbons (Fsp3) is 0.562. The van der Waals surface area contributed by atoms with Crippen molar-refractivity contribution in [1.29, 1.82) is 0 Å². The number of anilines is 1. The van der Waals surface area contributed by atoms with Crippen molar-refractivity contribution in [1.82, 2.24) is 5.32 Å². The van der Waals surface area contributed by atoms with Gasteiger partial charge in [0, 0.05) is 18.8 Å². The van der Waals surface area contributed by atoms with Crippen molar-refractivity contribution in [2.24, 2.45) is 0 Å². The number of nitrogens with zero attached hydrogens (tertiary/aromatic N) is 1. The molecule has 1 saturated heterocycles. The smallest absolute Gasteiger partial charge is 0.407 e. The largest absolute Gasteiger partial charge is 0.444 e. The molecule has 0 saturated carbocycles. The van der Waals surface area contributed by atoms with Crippen molar-refractivity contribution in [3.05, 3.63) is 24.3 Å². The van der Waals surface area contributed by atoms with Gasteiger partial charge in [0.1, 0.15) is 5.60 Å². The summed E-state index contributed by atoms with van der Waals surface area (Å²) in [4.78, 5) is 13.3. The van der Waals surface area contributed by atoms with E-state index in [1.807, 2.05) is 4.90 Å². The zero-order chi connectivity index (χ0) is 18.8. The number of alkyl halides is 2. The van der Waals surface area contributed by atoms with Crippen LogP contribution in [0.5, 0.6) is 0 Å². The summed E-state index contributed by atoms with van der Waals surface area (Å²) in [5, 5.41) is 2.79. The van der Waals surface area contributed by atoms with E-state index < -0.39 is 32.2 Å². The van der Waals surface area contributed by atoms with Gasteiger partial charge in [0.05, 0.1) is 10.9 Å². The van der Waals surface area contributed by atoms with Gasteiger partial charge in [0.15, 0.2) is 0 Å². The van der Waals surface area contributed by atoms with Crippen LogP contribution in [0, 0.1) is 0 Å². The van der Waals surface area contributed by atoms with E-state index >= 15 is 0 Å². The molecule has 0 unspecified atom stereocenters. The minimum Gasteiger partial charge on any atom is -0.444 e. The molecule has 6 nitrogen and oxygen atoms in total. The average Bonchev–Trinajstić information content (AvgIpc) is 2.93. The van der Waals surface area contributed by atoms with Gasteiger partial charge < -0.3 is 15.0 Å². The lowest BCUT2D eigenvalue weighted by atomic mass is 10.2. The van der Waals surface area contributed by atoms with E-state index in [9.17, 15) is 22.0 Å². The summed E-state index contributed by atoms with van der Waals surface area (Å²) in [5.74, 6) is -3.44. The van der Waals surface area contributed by atoms with Crippen LogP contribution in [-0.2, 0) is 14.6 Å². The molecule has 0 spiro atoms. The number of carbonyl (C=O) groups excluding carboxylic acids is 1. The molecule has 1 aromatic carbocycles. The van der Waals surface area contributed by atoms with Crippen LogP contribution < -0.4 is 10.2 Å². The number of amides is 1. The zero-order valence-electron chi connectivity index (χ0n) is 14.3. The highest BCUT2D eigenvalue weighted by atomic mass is 32.2. The maximum atomic E-state index is 12.5. The molecule has 1 amide bonds. The Balaban J connectivity index is 1.97. The topological polar surface area (TPSA) is 75.7 Å². The number of rotatable bonds is 4. The monoisotopic (exact) mass is 376 g/mol. The molecule has 1 fully saturated rings. The highest BCUT2D eigenvalue weighted by Crippen LogP contribution is 2.25. The van der Waals surface area contributed by atoms with Crippen LogP contribution in [0.25, 0.3) is 0 Å². The number of ether oxygens (including phenoxy) is 1. The Labute approximate surface area is 146 Å². The first kappa shape index (κ1) is 19.4. The van der Waals surface area contributed by atoms with Crippen molar-refractivity contribution in [2.75, 3.05) is 18.0 Å². The molecule has 1 heterocycles. The van der Waals surface area contributed by atoms with E-state index in [1.165, 1.54) is 24.3 Å². The lowest BCUT2D eigenvalue weighted by molar-refractivity contribution is 0.0509. The van der Waals surface area contributed by atoms with Gasteiger partial charge in [-0.2, -0.15) is 8.78 Å². The Bertz CT molecular complexity index is 715. The molecule has 140 valence electrons. The number of hydrogen-bond donors (Lipinski definition) is 1. The Morgan fingerprint density at radius 2 is 1.88 bits per heavy atom. The standard InChI is InChI=1S/C16H22F2N2O4S/c1-16(2,3)24-15(21)19-11-8-9-20(10-11)12-4-6-13(7-5-12)25(22,23)14(17)18/h4-7,11,14H,8-10H2,1-3H3,(H,19,21)/t11-/m0/s1. The third kappa shape index (κ3) is 5.04. The molecule has 2 rings (SSSR count). The fourth-order valence-corrected chi connectivity index (χ4v) is 3.26. The molecule has 1 aliphatic rings. The van der Waals surface area contributed by atoms with Gasteiger partial charge in [-0.15, -0.1) is 0 Å². The minimum atomic E-state index is -4.59. The zero-order valence-corrected chi connectivity index (χ0v) is 15.1. The van der Waals surface area contributed by atoms with Crippen molar-refractivity contribution < 1.29 is 26.7 Å². The lowest BCUT2D eigenvalue weighted by Gasteiger charge is -2.22. The number of carbonyl (C=O) groups is 1. The molecule has 0 bridgehead atoms. The molecule has 1 aliphatic heterocycles. The first-order valence-corrected chi connectivity index (χ1v) is 9.40. The maximum Gasteiger partial charge on any atom is 0.407 e. The molecule has 1 N–H and O–H groups in total. The number of halogens is 2. The predicted molar refractivity (Wildman–Crippen MR) is 89.6 cm³/mol. The van der Waals surface area contributed by atoms with Gasteiger partial charge in [-0.05, 0) is 51.5 Å². The second-order valence-corrected chi connectivity index (χ2v) is 8.80. The first-order chi connectivity index (χ1) is 11.5. The second kappa shape index (κ2) is 7.15. The minimum absolute atomic E-state index is 0.0978. The number of nitrogens with one attached hydrogen (secondary N) is 1. The Morgan fingerprint density at radius 1 is 1.28 bits per heavy atom.